The molecule has 0 amide bonds. The van der Waals surface area contributed by atoms with Crippen molar-refractivity contribution in [1.29, 1.82) is 0 Å². The molecule has 1 saturated heterocycles. The van der Waals surface area contributed by atoms with Crippen molar-refractivity contribution >= 4 is 11.6 Å². The van der Waals surface area contributed by atoms with Crippen molar-refractivity contribution < 1.29 is 9.84 Å². The molecule has 2 rings (SSSR count). The maximum Gasteiger partial charge on any atom is 0.133 e. The molecule has 1 aliphatic rings. The number of aromatic nitrogens is 2. The molecule has 1 fully saturated rings. The molecule has 2 unspecified atom stereocenters. The molecule has 0 bridgehead atoms. The zero-order valence-electron chi connectivity index (χ0n) is 12.4. The molecule has 6 heteroatoms. The van der Waals surface area contributed by atoms with E-state index in [4.69, 9.17) is 4.74 Å². The van der Waals surface area contributed by atoms with Crippen LogP contribution in [0.4, 0.5) is 11.6 Å². The first kappa shape index (κ1) is 15.0. The second kappa shape index (κ2) is 6.37. The number of ether oxygens (including phenoxy) is 1. The summed E-state index contributed by atoms with van der Waals surface area (Å²) in [5, 5.41) is 16.7. The summed E-state index contributed by atoms with van der Waals surface area (Å²) < 4.78 is 5.43. The fraction of sp³-hybridized carbons (Fsp3) is 0.714. The van der Waals surface area contributed by atoms with Gasteiger partial charge in [0.1, 0.15) is 23.1 Å². The minimum atomic E-state index is -0.824. The molecule has 0 aromatic carbocycles. The maximum absolute atomic E-state index is 10.5. The van der Waals surface area contributed by atoms with Crippen molar-refractivity contribution in [3.05, 3.63) is 11.9 Å². The third kappa shape index (κ3) is 3.37. The van der Waals surface area contributed by atoms with E-state index >= 15 is 0 Å². The highest BCUT2D eigenvalue weighted by molar-refractivity contribution is 5.47. The van der Waals surface area contributed by atoms with Gasteiger partial charge >= 0.3 is 0 Å². The maximum atomic E-state index is 10.5. The van der Waals surface area contributed by atoms with Gasteiger partial charge in [-0.05, 0) is 13.3 Å². The molecule has 2 atom stereocenters. The molecule has 20 heavy (non-hydrogen) atoms. The van der Waals surface area contributed by atoms with Crippen molar-refractivity contribution in [3.63, 3.8) is 0 Å². The molecule has 2 heterocycles. The van der Waals surface area contributed by atoms with Crippen LogP contribution in [0.25, 0.3) is 0 Å². The average molecular weight is 280 g/mol. The summed E-state index contributed by atoms with van der Waals surface area (Å²) in [6.45, 7) is 5.03. The predicted octanol–water partition coefficient (Wildman–Crippen LogP) is 1.42. The summed E-state index contributed by atoms with van der Waals surface area (Å²) in [6, 6.07) is 1.85. The van der Waals surface area contributed by atoms with Crippen LogP contribution in [0, 0.1) is 0 Å². The van der Waals surface area contributed by atoms with Gasteiger partial charge in [0.2, 0.25) is 0 Å². The van der Waals surface area contributed by atoms with Gasteiger partial charge in [-0.2, -0.15) is 0 Å². The van der Waals surface area contributed by atoms with E-state index < -0.39 is 5.60 Å². The molecule has 1 aromatic rings. The van der Waals surface area contributed by atoms with Gasteiger partial charge in [-0.25, -0.2) is 9.97 Å². The first-order valence-corrected chi connectivity index (χ1v) is 7.21. The van der Waals surface area contributed by atoms with Gasteiger partial charge in [0, 0.05) is 39.1 Å². The normalized spacial score (nSPS) is 25.7. The molecule has 0 saturated carbocycles. The zero-order chi connectivity index (χ0) is 14.6. The first-order chi connectivity index (χ1) is 9.57. The summed E-state index contributed by atoms with van der Waals surface area (Å²) in [4.78, 5) is 8.88. The lowest BCUT2D eigenvalue weighted by Crippen LogP contribution is -2.43. The van der Waals surface area contributed by atoms with E-state index in [1.807, 2.05) is 20.0 Å². The Kier molecular flexibility index (Phi) is 4.77. The average Bonchev–Trinajstić information content (AvgIpc) is 2.77. The van der Waals surface area contributed by atoms with E-state index in [-0.39, 0.29) is 6.10 Å². The van der Waals surface area contributed by atoms with Crippen LogP contribution >= 0.6 is 0 Å². The number of aryl methyl sites for hydroxylation is 1. The van der Waals surface area contributed by atoms with Crippen LogP contribution < -0.4 is 10.6 Å². The minimum absolute atomic E-state index is 0.157. The number of rotatable bonds is 6. The molecule has 0 radical (unpaired) electrons. The van der Waals surface area contributed by atoms with Gasteiger partial charge in [0.15, 0.2) is 0 Å². The fourth-order valence-electron chi connectivity index (χ4n) is 2.30. The van der Waals surface area contributed by atoms with Gasteiger partial charge < -0.3 is 20.5 Å². The Morgan fingerprint density at radius 3 is 2.80 bits per heavy atom. The quantitative estimate of drug-likeness (QED) is 0.731. The Hall–Kier alpha value is -1.40. The number of nitrogens with zero attached hydrogens (tertiary/aromatic N) is 2. The van der Waals surface area contributed by atoms with Gasteiger partial charge in [0.25, 0.3) is 0 Å². The SMILES string of the molecule is CCCc1nc(NC)cc(NCC2(O)CCOC2C)n1. The Morgan fingerprint density at radius 1 is 1.45 bits per heavy atom. The van der Waals surface area contributed by atoms with E-state index in [1.54, 1.807) is 0 Å². The summed E-state index contributed by atoms with van der Waals surface area (Å²) in [5.74, 6) is 2.33. The Balaban J connectivity index is 2.06. The number of aliphatic hydroxyl groups is 1. The Morgan fingerprint density at radius 2 is 2.20 bits per heavy atom. The number of anilines is 2. The number of hydrogen-bond acceptors (Lipinski definition) is 6. The monoisotopic (exact) mass is 280 g/mol. The third-order valence-electron chi connectivity index (χ3n) is 3.74. The van der Waals surface area contributed by atoms with Gasteiger partial charge in [-0.1, -0.05) is 6.92 Å². The molecule has 0 spiro atoms. The van der Waals surface area contributed by atoms with E-state index in [9.17, 15) is 5.11 Å². The van der Waals surface area contributed by atoms with E-state index in [0.29, 0.717) is 19.6 Å². The van der Waals surface area contributed by atoms with Crippen LogP contribution in [-0.4, -0.2) is 47.0 Å². The summed E-state index contributed by atoms with van der Waals surface area (Å²) >= 11 is 0. The van der Waals surface area contributed by atoms with Crippen molar-refractivity contribution in [2.75, 3.05) is 30.8 Å². The topological polar surface area (TPSA) is 79.3 Å². The van der Waals surface area contributed by atoms with Crippen LogP contribution in [0.2, 0.25) is 0 Å². The summed E-state index contributed by atoms with van der Waals surface area (Å²) in [5.41, 5.74) is -0.824. The molecule has 0 aliphatic carbocycles. The third-order valence-corrected chi connectivity index (χ3v) is 3.74. The standard InChI is InChI=1S/C14H24N4O2/c1-4-5-11-17-12(15-3)8-13(18-11)16-9-14(19)6-7-20-10(14)2/h8,10,19H,4-7,9H2,1-3H3,(H2,15,16,17,18). The smallest absolute Gasteiger partial charge is 0.133 e. The Labute approximate surface area is 120 Å². The highest BCUT2D eigenvalue weighted by Gasteiger charge is 2.39. The van der Waals surface area contributed by atoms with Gasteiger partial charge in [-0.3, -0.25) is 0 Å². The summed E-state index contributed by atoms with van der Waals surface area (Å²) in [7, 11) is 1.84. The van der Waals surface area contributed by atoms with Gasteiger partial charge in [-0.15, -0.1) is 0 Å². The van der Waals surface area contributed by atoms with E-state index in [2.05, 4.69) is 27.5 Å². The Bertz CT molecular complexity index is 455. The predicted molar refractivity (Wildman–Crippen MR) is 79.0 cm³/mol. The molecule has 112 valence electrons. The van der Waals surface area contributed by atoms with Crippen molar-refractivity contribution in [2.45, 2.75) is 44.8 Å². The number of hydrogen-bond donors (Lipinski definition) is 3. The van der Waals surface area contributed by atoms with E-state index in [1.165, 1.54) is 0 Å². The van der Waals surface area contributed by atoms with Crippen LogP contribution in [0.3, 0.4) is 0 Å². The van der Waals surface area contributed by atoms with Gasteiger partial charge in [0.05, 0.1) is 6.10 Å². The van der Waals surface area contributed by atoms with Crippen LogP contribution in [0.5, 0.6) is 0 Å². The van der Waals surface area contributed by atoms with Crippen LogP contribution in [0.1, 0.15) is 32.5 Å². The number of nitrogens with one attached hydrogen (secondary N) is 2. The molecule has 1 aliphatic heterocycles. The molecule has 3 N–H and O–H groups in total. The van der Waals surface area contributed by atoms with E-state index in [0.717, 1.165) is 30.3 Å². The summed E-state index contributed by atoms with van der Waals surface area (Å²) in [6.07, 6.45) is 2.33. The minimum Gasteiger partial charge on any atom is -0.385 e. The second-order valence-electron chi connectivity index (χ2n) is 5.27. The van der Waals surface area contributed by atoms with Crippen molar-refractivity contribution in [1.82, 2.24) is 9.97 Å². The van der Waals surface area contributed by atoms with Crippen LogP contribution in [-0.2, 0) is 11.2 Å². The zero-order valence-corrected chi connectivity index (χ0v) is 12.4. The highest BCUT2D eigenvalue weighted by Crippen LogP contribution is 2.26. The van der Waals surface area contributed by atoms with Crippen LogP contribution in [0.15, 0.2) is 6.07 Å². The lowest BCUT2D eigenvalue weighted by molar-refractivity contribution is -0.0176. The first-order valence-electron chi connectivity index (χ1n) is 7.21. The molecule has 1 aromatic heterocycles. The largest absolute Gasteiger partial charge is 0.385 e. The van der Waals surface area contributed by atoms with Crippen molar-refractivity contribution in [2.24, 2.45) is 0 Å². The lowest BCUT2D eigenvalue weighted by atomic mass is 9.97. The second-order valence-corrected chi connectivity index (χ2v) is 5.27. The fourth-order valence-corrected chi connectivity index (χ4v) is 2.30. The molecular formula is C14H24N4O2. The lowest BCUT2D eigenvalue weighted by Gasteiger charge is -2.26. The highest BCUT2D eigenvalue weighted by atomic mass is 16.5. The molecule has 6 nitrogen and oxygen atoms in total. The molecular weight excluding hydrogens is 256 g/mol. The van der Waals surface area contributed by atoms with Crippen molar-refractivity contribution in [3.8, 4) is 0 Å².